The van der Waals surface area contributed by atoms with Gasteiger partial charge in [-0.3, -0.25) is 4.72 Å². The Morgan fingerprint density at radius 1 is 0.900 bits per heavy atom. The van der Waals surface area contributed by atoms with Crippen molar-refractivity contribution in [3.05, 3.63) is 53.1 Å². The third kappa shape index (κ3) is 13.8. The molecule has 1 atom stereocenters. The standard InChI is InChI=1S/C31H48N3O4PS/c1-3-4-5-6-7-8-9-10-11-12-13-14-15-18-21-40(36,37)34-30-20-17-16-19-27(30)25-38-39-33-29-22-26(2)31(35)28(23-29)24-32/h16-17,19-20,22-23,33-35,39H,3-15,18,21,25H2,1-2H3. The van der Waals surface area contributed by atoms with E-state index in [2.05, 4.69) is 16.7 Å². The molecule has 7 nitrogen and oxygen atoms in total. The average molecular weight is 590 g/mol. The van der Waals surface area contributed by atoms with E-state index >= 15 is 0 Å². The summed E-state index contributed by atoms with van der Waals surface area (Å²) in [6.45, 7) is 4.21. The lowest BCUT2D eigenvalue weighted by Crippen LogP contribution is -2.17. The maximum Gasteiger partial charge on any atom is 0.232 e. The van der Waals surface area contributed by atoms with Crippen LogP contribution in [0.4, 0.5) is 11.4 Å². The molecule has 0 radical (unpaired) electrons. The second kappa shape index (κ2) is 19.7. The number of sulfonamides is 1. The van der Waals surface area contributed by atoms with Crippen molar-refractivity contribution in [3.63, 3.8) is 0 Å². The van der Waals surface area contributed by atoms with E-state index in [0.717, 1.165) is 18.4 Å². The normalized spacial score (nSPS) is 11.6. The molecule has 2 rings (SSSR count). The third-order valence-electron chi connectivity index (χ3n) is 6.97. The van der Waals surface area contributed by atoms with Gasteiger partial charge in [0.25, 0.3) is 0 Å². The minimum atomic E-state index is -3.44. The summed E-state index contributed by atoms with van der Waals surface area (Å²) in [5.41, 5.74) is 2.76. The molecule has 0 saturated carbocycles. The molecule has 0 spiro atoms. The van der Waals surface area contributed by atoms with Crippen LogP contribution in [0.2, 0.25) is 0 Å². The van der Waals surface area contributed by atoms with Gasteiger partial charge in [0, 0.05) is 11.3 Å². The fourth-order valence-electron chi connectivity index (χ4n) is 4.60. The quantitative estimate of drug-likeness (QED) is 0.0718. The number of nitriles is 1. The highest BCUT2D eigenvalue weighted by molar-refractivity contribution is 7.92. The lowest BCUT2D eigenvalue weighted by Gasteiger charge is -2.14. The molecule has 0 aliphatic carbocycles. The van der Waals surface area contributed by atoms with Crippen molar-refractivity contribution in [1.29, 1.82) is 5.26 Å². The zero-order chi connectivity index (χ0) is 29.1. The molecule has 3 N–H and O–H groups in total. The molecule has 0 aromatic heterocycles. The Balaban J connectivity index is 1.62. The van der Waals surface area contributed by atoms with Crippen LogP contribution in [-0.4, -0.2) is 19.3 Å². The predicted octanol–water partition coefficient (Wildman–Crippen LogP) is 8.93. The Bertz CT molecular complexity index is 1150. The first-order chi connectivity index (χ1) is 19.4. The summed E-state index contributed by atoms with van der Waals surface area (Å²) in [5.74, 6) is 0.0953. The van der Waals surface area contributed by atoms with Gasteiger partial charge in [0.1, 0.15) is 20.8 Å². The van der Waals surface area contributed by atoms with E-state index in [9.17, 15) is 13.5 Å². The molecule has 0 amide bonds. The monoisotopic (exact) mass is 589 g/mol. The van der Waals surface area contributed by atoms with Gasteiger partial charge in [-0.25, -0.2) is 8.42 Å². The van der Waals surface area contributed by atoms with E-state index in [4.69, 9.17) is 9.79 Å². The van der Waals surface area contributed by atoms with Gasteiger partial charge in [0.15, 0.2) is 0 Å². The highest BCUT2D eigenvalue weighted by atomic mass is 32.2. The number of rotatable bonds is 22. The van der Waals surface area contributed by atoms with E-state index < -0.39 is 10.0 Å². The summed E-state index contributed by atoms with van der Waals surface area (Å²) in [6, 6.07) is 12.5. The van der Waals surface area contributed by atoms with E-state index in [0.29, 0.717) is 23.4 Å². The number of aryl methyl sites for hydroxylation is 1. The summed E-state index contributed by atoms with van der Waals surface area (Å²) >= 11 is 0. The number of anilines is 2. The molecule has 9 heteroatoms. The molecule has 40 heavy (non-hydrogen) atoms. The number of benzene rings is 2. The summed E-state index contributed by atoms with van der Waals surface area (Å²) in [5, 5.41) is 22.1. The molecule has 2 aromatic rings. The molecule has 222 valence electrons. The first kappa shape index (κ1) is 33.9. The number of hydrogen-bond donors (Lipinski definition) is 3. The van der Waals surface area contributed by atoms with Crippen LogP contribution in [0, 0.1) is 18.3 Å². The third-order valence-corrected chi connectivity index (χ3v) is 9.00. The van der Waals surface area contributed by atoms with Gasteiger partial charge in [0.2, 0.25) is 10.0 Å². The number of aromatic hydroxyl groups is 1. The minimum absolute atomic E-state index is 0.0207. The zero-order valence-corrected chi connectivity index (χ0v) is 26.1. The molecular weight excluding hydrogens is 541 g/mol. The molecule has 0 saturated heterocycles. The molecule has 0 bridgehead atoms. The van der Waals surface area contributed by atoms with Crippen LogP contribution in [0.5, 0.6) is 5.75 Å². The van der Waals surface area contributed by atoms with Crippen LogP contribution >= 0.6 is 8.96 Å². The van der Waals surface area contributed by atoms with E-state index in [1.54, 1.807) is 31.2 Å². The minimum Gasteiger partial charge on any atom is -0.506 e. The SMILES string of the molecule is CCCCCCCCCCCCCCCCS(=O)(=O)Nc1ccccc1COPNc1cc(C)c(O)c(C#N)c1. The number of para-hydroxylation sites is 1. The number of nitrogens with one attached hydrogen (secondary N) is 2. The van der Waals surface area contributed by atoms with Gasteiger partial charge < -0.3 is 14.7 Å². The highest BCUT2D eigenvalue weighted by Gasteiger charge is 2.13. The molecule has 0 aliphatic heterocycles. The van der Waals surface area contributed by atoms with Gasteiger partial charge in [-0.1, -0.05) is 109 Å². The van der Waals surface area contributed by atoms with Crippen LogP contribution < -0.4 is 9.81 Å². The van der Waals surface area contributed by atoms with Gasteiger partial charge in [-0.2, -0.15) is 5.26 Å². The topological polar surface area (TPSA) is 111 Å². The van der Waals surface area contributed by atoms with Crippen molar-refractivity contribution in [2.75, 3.05) is 15.6 Å². The van der Waals surface area contributed by atoms with Crippen LogP contribution in [-0.2, 0) is 21.2 Å². The first-order valence-corrected chi connectivity index (χ1v) is 17.4. The van der Waals surface area contributed by atoms with Crippen LogP contribution in [0.1, 0.15) is 114 Å². The van der Waals surface area contributed by atoms with Crippen molar-refractivity contribution in [1.82, 2.24) is 0 Å². The maximum atomic E-state index is 12.7. The smallest absolute Gasteiger partial charge is 0.232 e. The molecular formula is C31H48N3O4PS. The van der Waals surface area contributed by atoms with Gasteiger partial charge in [0.05, 0.1) is 23.6 Å². The summed E-state index contributed by atoms with van der Waals surface area (Å²) in [7, 11) is -3.55. The Kier molecular flexibility index (Phi) is 16.7. The molecule has 2 aromatic carbocycles. The van der Waals surface area contributed by atoms with Crippen LogP contribution in [0.25, 0.3) is 0 Å². The molecule has 0 heterocycles. The maximum absolute atomic E-state index is 12.7. The van der Waals surface area contributed by atoms with Crippen molar-refractivity contribution >= 4 is 30.4 Å². The fourth-order valence-corrected chi connectivity index (χ4v) is 6.38. The number of hydrogen-bond acceptors (Lipinski definition) is 6. The number of phenolic OH excluding ortho intramolecular Hbond substituents is 1. The van der Waals surface area contributed by atoms with Gasteiger partial charge in [-0.15, -0.1) is 0 Å². The second-order valence-corrected chi connectivity index (χ2v) is 13.1. The predicted molar refractivity (Wildman–Crippen MR) is 168 cm³/mol. The lowest BCUT2D eigenvalue weighted by molar-refractivity contribution is 0.355. The number of nitrogens with zero attached hydrogens (tertiary/aromatic N) is 1. The summed E-state index contributed by atoms with van der Waals surface area (Å²) < 4.78 is 33.9. The van der Waals surface area contributed by atoms with Crippen molar-refractivity contribution in [3.8, 4) is 11.8 Å². The van der Waals surface area contributed by atoms with Crippen LogP contribution in [0.3, 0.4) is 0 Å². The van der Waals surface area contributed by atoms with Crippen molar-refractivity contribution < 1.29 is 18.0 Å². The van der Waals surface area contributed by atoms with Crippen molar-refractivity contribution in [2.24, 2.45) is 0 Å². The number of phenols is 1. The summed E-state index contributed by atoms with van der Waals surface area (Å²) in [6.07, 6.45) is 17.3. The largest absolute Gasteiger partial charge is 0.506 e. The fraction of sp³-hybridized carbons (Fsp3) is 0.581. The second-order valence-electron chi connectivity index (χ2n) is 10.5. The van der Waals surface area contributed by atoms with Gasteiger partial charge >= 0.3 is 0 Å². The molecule has 1 unspecified atom stereocenters. The average Bonchev–Trinajstić information content (AvgIpc) is 2.93. The Labute approximate surface area is 244 Å². The first-order valence-electron chi connectivity index (χ1n) is 14.8. The van der Waals surface area contributed by atoms with Gasteiger partial charge in [-0.05, 0) is 37.1 Å². The molecule has 0 fully saturated rings. The number of unbranched alkanes of at least 4 members (excludes halogenated alkanes) is 13. The Morgan fingerprint density at radius 2 is 1.48 bits per heavy atom. The lowest BCUT2D eigenvalue weighted by atomic mass is 10.0. The van der Waals surface area contributed by atoms with Crippen LogP contribution in [0.15, 0.2) is 36.4 Å². The van der Waals surface area contributed by atoms with E-state index in [1.165, 1.54) is 70.6 Å². The summed E-state index contributed by atoms with van der Waals surface area (Å²) in [4.78, 5) is 0. The molecule has 0 aliphatic rings. The van der Waals surface area contributed by atoms with E-state index in [1.807, 2.05) is 18.2 Å². The Morgan fingerprint density at radius 3 is 2.08 bits per heavy atom. The Hall–Kier alpha value is -2.33. The van der Waals surface area contributed by atoms with Crippen molar-refractivity contribution in [2.45, 2.75) is 110 Å². The zero-order valence-electron chi connectivity index (χ0n) is 24.3. The highest BCUT2D eigenvalue weighted by Crippen LogP contribution is 2.29. The van der Waals surface area contributed by atoms with E-state index in [-0.39, 0.29) is 32.6 Å².